The van der Waals surface area contributed by atoms with Crippen molar-refractivity contribution in [2.75, 3.05) is 23.9 Å². The lowest BCUT2D eigenvalue weighted by Gasteiger charge is -2.32. The number of benzene rings is 1. The summed E-state index contributed by atoms with van der Waals surface area (Å²) in [5.74, 6) is 3.11. The average Bonchev–Trinajstić information content (AvgIpc) is 3.02. The van der Waals surface area contributed by atoms with E-state index < -0.39 is 0 Å². The fraction of sp³-hybridized carbons (Fsp3) is 0.727. The first kappa shape index (κ1) is 48.5. The maximum absolute atomic E-state index is 8.93. The van der Waals surface area contributed by atoms with Crippen molar-refractivity contribution in [2.45, 2.75) is 73.5 Å². The second-order valence-electron chi connectivity index (χ2n) is 9.14. The van der Waals surface area contributed by atoms with E-state index in [0.717, 1.165) is 30.1 Å². The van der Waals surface area contributed by atoms with Crippen LogP contribution < -0.4 is 0 Å². The van der Waals surface area contributed by atoms with Crippen LogP contribution in [0.25, 0.3) is 0 Å². The predicted molar refractivity (Wildman–Crippen MR) is 264 cm³/mol. The van der Waals surface area contributed by atoms with E-state index in [1.165, 1.54) is 62.9 Å². The Bertz CT molecular complexity index is 801. The molecule has 0 aliphatic carbocycles. The molecule has 0 bridgehead atoms. The third-order valence-corrected chi connectivity index (χ3v) is 35.2. The molecule has 1 nitrogen and oxygen atoms in total. The number of rotatable bonds is 31. The van der Waals surface area contributed by atoms with Crippen molar-refractivity contribution in [1.29, 1.82) is 0 Å². The Balaban J connectivity index is 2.61. The molecule has 1 N–H and O–H groups in total. The summed E-state index contributed by atoms with van der Waals surface area (Å²) in [7, 11) is 30.3. The fourth-order valence-corrected chi connectivity index (χ4v) is 33.1. The monoisotopic (exact) mass is 990 g/mol. The Morgan fingerprint density at radius 3 is 1.89 bits per heavy atom. The summed E-state index contributed by atoms with van der Waals surface area (Å²) in [4.78, 5) is 0. The minimum absolute atomic E-state index is 0.0382. The Morgan fingerprint density at radius 1 is 0.636 bits per heavy atom. The minimum Gasteiger partial charge on any atom is -0.396 e. The van der Waals surface area contributed by atoms with Gasteiger partial charge in [0.15, 0.2) is 0 Å². The van der Waals surface area contributed by atoms with Crippen LogP contribution in [0.3, 0.4) is 0 Å². The quantitative estimate of drug-likeness (QED) is 0.0276. The SMILES string of the molecule is CC(CSSSSSSC(CCCCCCCCO)CSSS)(SSS)c1cccc(C(C)(CSSSS)SSSSS)c1. The number of thiol groups is 4. The summed E-state index contributed by atoms with van der Waals surface area (Å²) in [5, 5.41) is 9.59. The van der Waals surface area contributed by atoms with E-state index >= 15 is 0 Å². The molecule has 0 aromatic heterocycles. The number of hydrogen-bond acceptors (Lipinski definition) is 22. The maximum atomic E-state index is 8.93. The molecule has 0 saturated heterocycles. The Kier molecular flexibility index (Phi) is 36.3. The van der Waals surface area contributed by atoms with Crippen LogP contribution >= 0.6 is 219 Å². The topological polar surface area (TPSA) is 20.2 Å². The van der Waals surface area contributed by atoms with Crippen molar-refractivity contribution in [3.05, 3.63) is 35.4 Å². The van der Waals surface area contributed by atoms with E-state index in [4.69, 9.17) is 5.11 Å². The zero-order valence-electron chi connectivity index (χ0n) is 23.8. The van der Waals surface area contributed by atoms with Gasteiger partial charge in [0, 0.05) is 29.1 Å². The van der Waals surface area contributed by atoms with Crippen LogP contribution in [-0.4, -0.2) is 34.2 Å². The molecule has 0 amide bonds. The molecule has 3 unspecified atom stereocenters. The highest BCUT2D eigenvalue weighted by atomic mass is 33.9. The molecule has 0 aliphatic heterocycles. The van der Waals surface area contributed by atoms with Crippen LogP contribution in [0.2, 0.25) is 0 Å². The molecule has 0 saturated carbocycles. The standard InChI is InChI=1S/C22H38OS21/c1-21(32-35-25,18-10-9-11-19(14-18)22(2,17-29-38-36-26)33-41-42-37-27)16-30-39-43-44-40-31-20(15-28-34-24)12-7-5-3-4-6-8-13-23/h9-11,14,20,23-27H,3-8,12-13,15-17H2,1-2H3. The summed E-state index contributed by atoms with van der Waals surface area (Å²) < 4.78 is -0.0983. The second-order valence-corrected chi connectivity index (χ2v) is 37.6. The van der Waals surface area contributed by atoms with Crippen molar-refractivity contribution in [2.24, 2.45) is 0 Å². The van der Waals surface area contributed by atoms with Gasteiger partial charge in [-0.1, -0.05) is 168 Å². The molecule has 1 aromatic carbocycles. The Labute approximate surface area is 351 Å². The van der Waals surface area contributed by atoms with Gasteiger partial charge < -0.3 is 5.11 Å². The van der Waals surface area contributed by atoms with E-state index in [1.54, 1.807) is 49.1 Å². The van der Waals surface area contributed by atoms with E-state index in [0.29, 0.717) is 11.9 Å². The van der Waals surface area contributed by atoms with E-state index in [-0.39, 0.29) is 9.49 Å². The fourth-order valence-electron chi connectivity index (χ4n) is 3.54. The lowest BCUT2D eigenvalue weighted by atomic mass is 9.94. The van der Waals surface area contributed by atoms with Crippen LogP contribution in [0, 0.1) is 0 Å². The molecule has 1 aromatic rings. The first-order valence-corrected chi connectivity index (χ1v) is 37.8. The third-order valence-electron chi connectivity index (χ3n) is 5.88. The molecular weight excluding hydrogens is 954 g/mol. The Hall–Kier alpha value is 6.53. The summed E-state index contributed by atoms with van der Waals surface area (Å²) in [6.07, 6.45) is 8.46. The normalized spacial score (nSPS) is 15.2. The number of unbranched alkanes of at least 4 members (excludes halogenated alkanes) is 5. The first-order valence-electron chi connectivity index (χ1n) is 12.9. The maximum Gasteiger partial charge on any atom is 0.0590 e. The van der Waals surface area contributed by atoms with Crippen molar-refractivity contribution < 1.29 is 5.11 Å². The van der Waals surface area contributed by atoms with Crippen molar-refractivity contribution in [3.8, 4) is 0 Å². The van der Waals surface area contributed by atoms with E-state index in [9.17, 15) is 0 Å². The van der Waals surface area contributed by atoms with E-state index in [1.807, 2.05) is 104 Å². The highest BCUT2D eigenvalue weighted by Crippen LogP contribution is 2.58. The molecule has 258 valence electrons. The molecule has 0 fully saturated rings. The lowest BCUT2D eigenvalue weighted by Crippen LogP contribution is -2.23. The number of aliphatic hydroxyl groups excluding tert-OH is 1. The van der Waals surface area contributed by atoms with Crippen LogP contribution in [0.5, 0.6) is 0 Å². The van der Waals surface area contributed by atoms with Crippen LogP contribution in [0.1, 0.15) is 69.9 Å². The molecule has 0 radical (unpaired) electrons. The van der Waals surface area contributed by atoms with Crippen LogP contribution in [-0.2, 0) is 9.49 Å². The van der Waals surface area contributed by atoms with Crippen molar-refractivity contribution in [1.82, 2.24) is 0 Å². The van der Waals surface area contributed by atoms with Crippen molar-refractivity contribution in [3.63, 3.8) is 0 Å². The summed E-state index contributed by atoms with van der Waals surface area (Å²) >= 11 is 17.5. The van der Waals surface area contributed by atoms with Gasteiger partial charge in [-0.15, -0.1) is 0 Å². The van der Waals surface area contributed by atoms with Gasteiger partial charge in [0.05, 0.1) is 9.49 Å². The largest absolute Gasteiger partial charge is 0.396 e. The smallest absolute Gasteiger partial charge is 0.0590 e. The van der Waals surface area contributed by atoms with Gasteiger partial charge in [0.25, 0.3) is 0 Å². The van der Waals surface area contributed by atoms with Gasteiger partial charge in [0.1, 0.15) is 0 Å². The highest BCUT2D eigenvalue weighted by Gasteiger charge is 2.33. The number of aliphatic hydroxyl groups is 1. The molecule has 0 heterocycles. The molecule has 0 spiro atoms. The molecule has 3 atom stereocenters. The Morgan fingerprint density at radius 2 is 1.25 bits per heavy atom. The molecular formula is C22H38OS21. The van der Waals surface area contributed by atoms with Crippen molar-refractivity contribution >= 4 is 219 Å². The first-order chi connectivity index (χ1) is 21.4. The van der Waals surface area contributed by atoms with Crippen LogP contribution in [0.4, 0.5) is 0 Å². The van der Waals surface area contributed by atoms with Gasteiger partial charge in [0.2, 0.25) is 0 Å². The van der Waals surface area contributed by atoms with Crippen LogP contribution in [0.15, 0.2) is 24.3 Å². The molecule has 1 rings (SSSR count). The zero-order valence-corrected chi connectivity index (χ0v) is 41.3. The van der Waals surface area contributed by atoms with Gasteiger partial charge >= 0.3 is 0 Å². The van der Waals surface area contributed by atoms with E-state index in [2.05, 4.69) is 84.8 Å². The summed E-state index contributed by atoms with van der Waals surface area (Å²) in [5.41, 5.74) is 2.70. The minimum atomic E-state index is -0.0601. The summed E-state index contributed by atoms with van der Waals surface area (Å²) in [6, 6.07) is 9.18. The van der Waals surface area contributed by atoms with Gasteiger partial charge in [-0.05, 0) is 146 Å². The predicted octanol–water partition coefficient (Wildman–Crippen LogP) is 17.0. The molecule has 44 heavy (non-hydrogen) atoms. The lowest BCUT2D eigenvalue weighted by molar-refractivity contribution is 0.282. The summed E-state index contributed by atoms with van der Waals surface area (Å²) in [6.45, 7) is 5.02. The highest BCUT2D eigenvalue weighted by molar-refractivity contribution is 9.42. The van der Waals surface area contributed by atoms with Gasteiger partial charge in [-0.3, -0.25) is 0 Å². The molecule has 0 aliphatic rings. The second kappa shape index (κ2) is 32.9. The zero-order chi connectivity index (χ0) is 32.4. The van der Waals surface area contributed by atoms with Gasteiger partial charge in [-0.25, -0.2) is 0 Å². The third kappa shape index (κ3) is 23.3. The van der Waals surface area contributed by atoms with Gasteiger partial charge in [-0.2, -0.15) is 0 Å². The average molecular weight is 992 g/mol. The number of hydrogen-bond donors (Lipinski definition) is 5. The molecule has 22 heteroatoms.